The van der Waals surface area contributed by atoms with Crippen molar-refractivity contribution in [2.75, 3.05) is 31.6 Å². The van der Waals surface area contributed by atoms with Gasteiger partial charge in [0, 0.05) is 31.8 Å². The van der Waals surface area contributed by atoms with Crippen molar-refractivity contribution in [1.82, 2.24) is 10.3 Å². The number of methoxy groups -OCH3 is 1. The van der Waals surface area contributed by atoms with Crippen LogP contribution in [0.25, 0.3) is 11.1 Å². The zero-order valence-electron chi connectivity index (χ0n) is 14.8. The highest BCUT2D eigenvalue weighted by Crippen LogP contribution is 2.28. The number of nitrogens with one attached hydrogen (secondary N) is 1. The number of ether oxygens (including phenoxy) is 1. The summed E-state index contributed by atoms with van der Waals surface area (Å²) in [5, 5.41) is 3.62. The summed E-state index contributed by atoms with van der Waals surface area (Å²) >= 11 is 6.00. The number of nitrogens with zero attached hydrogens (tertiary/aromatic N) is 2. The number of rotatable bonds is 5. The van der Waals surface area contributed by atoms with Crippen molar-refractivity contribution in [2.24, 2.45) is 5.92 Å². The maximum atomic E-state index is 12.5. The first-order valence-corrected chi connectivity index (χ1v) is 8.90. The molecule has 1 aliphatic rings. The molecule has 1 atom stereocenters. The van der Waals surface area contributed by atoms with E-state index in [1.807, 2.05) is 24.8 Å². The van der Waals surface area contributed by atoms with Crippen LogP contribution in [0.1, 0.15) is 26.7 Å². The normalized spacial score (nSPS) is 18.6. The Labute approximate surface area is 152 Å². The first-order chi connectivity index (χ1) is 11.9. The fourth-order valence-electron chi connectivity index (χ4n) is 2.91. The van der Waals surface area contributed by atoms with Gasteiger partial charge in [-0.1, -0.05) is 11.6 Å². The molecule has 7 heteroatoms. The lowest BCUT2D eigenvalue weighted by Gasteiger charge is -2.31. The number of hydrogen-bond donors (Lipinski definition) is 1. The minimum atomic E-state index is -0.371. The SMILES string of the molecule is COC(C)(C)CNC(=O)C1CCCN(c2nc3cc(Cl)ccc3o2)C1. The Hall–Kier alpha value is -1.79. The number of fused-ring (bicyclic) bond motifs is 1. The molecular formula is C18H24ClN3O3. The zero-order valence-corrected chi connectivity index (χ0v) is 15.6. The predicted molar refractivity (Wildman–Crippen MR) is 98.1 cm³/mol. The van der Waals surface area contributed by atoms with Gasteiger partial charge in [0.1, 0.15) is 5.52 Å². The zero-order chi connectivity index (χ0) is 18.0. The van der Waals surface area contributed by atoms with Crippen molar-refractivity contribution in [2.45, 2.75) is 32.3 Å². The summed E-state index contributed by atoms with van der Waals surface area (Å²) in [6.45, 7) is 5.81. The smallest absolute Gasteiger partial charge is 0.298 e. The molecule has 0 aliphatic carbocycles. The average Bonchev–Trinajstić information content (AvgIpc) is 3.03. The van der Waals surface area contributed by atoms with Crippen molar-refractivity contribution >= 4 is 34.6 Å². The van der Waals surface area contributed by atoms with Crippen LogP contribution in [0, 0.1) is 5.92 Å². The molecule has 1 aromatic carbocycles. The standard InChI is InChI=1S/C18H24ClN3O3/c1-18(2,24-3)11-20-16(23)12-5-4-8-22(10-12)17-21-14-9-13(19)6-7-15(14)25-17/h6-7,9,12H,4-5,8,10-11H2,1-3H3,(H,20,23). The van der Waals surface area contributed by atoms with Crippen molar-refractivity contribution in [3.63, 3.8) is 0 Å². The molecule has 0 bridgehead atoms. The molecule has 6 nitrogen and oxygen atoms in total. The number of benzene rings is 1. The number of carbonyl (C=O) groups is 1. The van der Waals surface area contributed by atoms with E-state index >= 15 is 0 Å². The minimum Gasteiger partial charge on any atom is -0.423 e. The van der Waals surface area contributed by atoms with Gasteiger partial charge in [0.2, 0.25) is 5.91 Å². The van der Waals surface area contributed by atoms with Crippen LogP contribution in [0.3, 0.4) is 0 Å². The highest BCUT2D eigenvalue weighted by molar-refractivity contribution is 6.31. The van der Waals surface area contributed by atoms with Gasteiger partial charge in [-0.2, -0.15) is 4.98 Å². The number of hydrogen-bond acceptors (Lipinski definition) is 5. The molecule has 1 fully saturated rings. The molecule has 2 aromatic rings. The number of piperidine rings is 1. The van der Waals surface area contributed by atoms with Crippen LogP contribution in [-0.2, 0) is 9.53 Å². The summed E-state index contributed by atoms with van der Waals surface area (Å²) in [5.74, 6) is -0.0333. The van der Waals surface area contributed by atoms with Gasteiger partial charge in [-0.3, -0.25) is 4.79 Å². The van der Waals surface area contributed by atoms with Gasteiger partial charge in [-0.25, -0.2) is 0 Å². The van der Waals surface area contributed by atoms with E-state index in [-0.39, 0.29) is 17.4 Å². The van der Waals surface area contributed by atoms with Gasteiger partial charge in [0.05, 0.1) is 11.5 Å². The third-order valence-corrected chi connectivity index (χ3v) is 4.88. The first-order valence-electron chi connectivity index (χ1n) is 8.52. The Morgan fingerprint density at radius 3 is 3.08 bits per heavy atom. The molecule has 0 saturated carbocycles. The fourth-order valence-corrected chi connectivity index (χ4v) is 3.07. The van der Waals surface area contributed by atoms with Gasteiger partial charge < -0.3 is 19.4 Å². The second-order valence-electron chi connectivity index (χ2n) is 7.08. The Balaban J connectivity index is 1.66. The summed E-state index contributed by atoms with van der Waals surface area (Å²) in [5.41, 5.74) is 1.06. The van der Waals surface area contributed by atoms with E-state index in [1.54, 1.807) is 19.2 Å². The first kappa shape index (κ1) is 18.0. The van der Waals surface area contributed by atoms with Crippen molar-refractivity contribution < 1.29 is 13.9 Å². The quantitative estimate of drug-likeness (QED) is 0.881. The average molecular weight is 366 g/mol. The molecule has 1 saturated heterocycles. The van der Waals surface area contributed by atoms with Crippen molar-refractivity contribution in [3.8, 4) is 0 Å². The van der Waals surface area contributed by atoms with E-state index < -0.39 is 0 Å². The Bertz CT molecular complexity index is 759. The molecule has 3 rings (SSSR count). The maximum Gasteiger partial charge on any atom is 0.298 e. The van der Waals surface area contributed by atoms with E-state index in [1.165, 1.54) is 0 Å². The molecule has 2 heterocycles. The summed E-state index contributed by atoms with van der Waals surface area (Å²) in [6, 6.07) is 5.93. The van der Waals surface area contributed by atoms with E-state index in [2.05, 4.69) is 10.3 Å². The van der Waals surface area contributed by atoms with Gasteiger partial charge >= 0.3 is 0 Å². The minimum absolute atomic E-state index is 0.0500. The highest BCUT2D eigenvalue weighted by atomic mass is 35.5. The molecule has 1 unspecified atom stereocenters. The van der Waals surface area contributed by atoms with Crippen LogP contribution in [0.5, 0.6) is 0 Å². The largest absolute Gasteiger partial charge is 0.423 e. The summed E-state index contributed by atoms with van der Waals surface area (Å²) in [6.07, 6.45) is 1.78. The highest BCUT2D eigenvalue weighted by Gasteiger charge is 2.29. The predicted octanol–water partition coefficient (Wildman–Crippen LogP) is 3.24. The molecular weight excluding hydrogens is 342 g/mol. The van der Waals surface area contributed by atoms with Gasteiger partial charge in [0.15, 0.2) is 5.58 Å². The molecule has 25 heavy (non-hydrogen) atoms. The second-order valence-corrected chi connectivity index (χ2v) is 7.51. The summed E-state index contributed by atoms with van der Waals surface area (Å²) in [7, 11) is 1.65. The lowest BCUT2D eigenvalue weighted by Crippen LogP contribution is -2.47. The summed E-state index contributed by atoms with van der Waals surface area (Å²) < 4.78 is 11.2. The van der Waals surface area contributed by atoms with E-state index in [0.717, 1.165) is 24.9 Å². The number of carbonyl (C=O) groups excluding carboxylic acids is 1. The number of anilines is 1. The van der Waals surface area contributed by atoms with Crippen LogP contribution in [0.4, 0.5) is 6.01 Å². The van der Waals surface area contributed by atoms with Gasteiger partial charge in [-0.15, -0.1) is 0 Å². The van der Waals surface area contributed by atoms with Crippen molar-refractivity contribution in [1.29, 1.82) is 0 Å². The lowest BCUT2D eigenvalue weighted by atomic mass is 9.97. The molecule has 0 radical (unpaired) electrons. The molecule has 0 spiro atoms. The van der Waals surface area contributed by atoms with Crippen LogP contribution < -0.4 is 10.2 Å². The summed E-state index contributed by atoms with van der Waals surface area (Å²) in [4.78, 5) is 19.0. The molecule has 1 N–H and O–H groups in total. The number of aromatic nitrogens is 1. The molecule has 1 aliphatic heterocycles. The molecule has 1 aromatic heterocycles. The van der Waals surface area contributed by atoms with Gasteiger partial charge in [-0.05, 0) is 44.9 Å². The van der Waals surface area contributed by atoms with Crippen LogP contribution >= 0.6 is 11.6 Å². The second kappa shape index (κ2) is 7.22. The lowest BCUT2D eigenvalue weighted by molar-refractivity contribution is -0.126. The maximum absolute atomic E-state index is 12.5. The third-order valence-electron chi connectivity index (χ3n) is 4.64. The monoisotopic (exact) mass is 365 g/mol. The van der Waals surface area contributed by atoms with E-state index in [9.17, 15) is 4.79 Å². The van der Waals surface area contributed by atoms with Crippen molar-refractivity contribution in [3.05, 3.63) is 23.2 Å². The number of oxazole rings is 1. The Morgan fingerprint density at radius 2 is 2.32 bits per heavy atom. The van der Waals surface area contributed by atoms with E-state index in [0.29, 0.717) is 29.7 Å². The van der Waals surface area contributed by atoms with Crippen LogP contribution in [0.2, 0.25) is 5.02 Å². The van der Waals surface area contributed by atoms with Crippen LogP contribution in [0.15, 0.2) is 22.6 Å². The van der Waals surface area contributed by atoms with E-state index in [4.69, 9.17) is 20.8 Å². The number of amides is 1. The molecule has 1 amide bonds. The topological polar surface area (TPSA) is 67.6 Å². The third kappa shape index (κ3) is 4.25. The Morgan fingerprint density at radius 1 is 1.52 bits per heavy atom. The fraction of sp³-hybridized carbons (Fsp3) is 0.556. The number of halogens is 1. The van der Waals surface area contributed by atoms with Gasteiger partial charge in [0.25, 0.3) is 6.01 Å². The Kier molecular flexibility index (Phi) is 5.20. The molecule has 136 valence electrons. The van der Waals surface area contributed by atoms with Crippen LogP contribution in [-0.4, -0.2) is 43.2 Å².